The van der Waals surface area contributed by atoms with Crippen LogP contribution in [0.1, 0.15) is 29.8 Å². The van der Waals surface area contributed by atoms with Gasteiger partial charge in [-0.2, -0.15) is 5.10 Å². The Morgan fingerprint density at radius 1 is 1.33 bits per heavy atom. The molecule has 112 valence electrons. The maximum atomic E-state index is 5.74. The molecule has 0 amide bonds. The number of ether oxygens (including phenoxy) is 2. The van der Waals surface area contributed by atoms with Gasteiger partial charge in [0, 0.05) is 36.5 Å². The lowest BCUT2D eigenvalue weighted by Gasteiger charge is -2.22. The highest BCUT2D eigenvalue weighted by atomic mass is 16.6. The van der Waals surface area contributed by atoms with Gasteiger partial charge in [0.05, 0.1) is 6.20 Å². The highest BCUT2D eigenvalue weighted by Crippen LogP contribution is 2.33. The van der Waals surface area contributed by atoms with Crippen LogP contribution in [0, 0.1) is 6.92 Å². The van der Waals surface area contributed by atoms with E-state index in [0.29, 0.717) is 13.2 Å². The number of hydrogen-bond acceptors (Lipinski definition) is 4. The molecule has 3 rings (SSSR count). The van der Waals surface area contributed by atoms with E-state index in [2.05, 4.69) is 30.3 Å². The van der Waals surface area contributed by atoms with Gasteiger partial charge in [-0.3, -0.25) is 4.68 Å². The number of hydrogen-bond donors (Lipinski definition) is 1. The molecule has 0 saturated heterocycles. The van der Waals surface area contributed by atoms with E-state index in [-0.39, 0.29) is 6.04 Å². The van der Waals surface area contributed by atoms with Crippen molar-refractivity contribution in [3.63, 3.8) is 0 Å². The maximum Gasteiger partial charge on any atom is 0.165 e. The van der Waals surface area contributed by atoms with Crippen LogP contribution in [0.3, 0.4) is 0 Å². The molecule has 5 heteroatoms. The molecule has 0 bridgehead atoms. The van der Waals surface area contributed by atoms with Crippen molar-refractivity contribution in [2.45, 2.75) is 26.4 Å². The molecule has 1 aromatic carbocycles. The number of benzene rings is 1. The first-order valence-corrected chi connectivity index (χ1v) is 7.26. The van der Waals surface area contributed by atoms with Gasteiger partial charge in [0.2, 0.25) is 0 Å². The SMILES string of the molecule is Cc1c(C(C)NCc2cccc3c2OCCO3)cnn1C. The molecule has 1 aliphatic heterocycles. The number of nitrogens with one attached hydrogen (secondary N) is 1. The van der Waals surface area contributed by atoms with Crippen molar-refractivity contribution >= 4 is 0 Å². The Bertz CT molecular complexity index is 636. The summed E-state index contributed by atoms with van der Waals surface area (Å²) in [5.74, 6) is 1.71. The molecule has 21 heavy (non-hydrogen) atoms. The molecule has 1 atom stereocenters. The first kappa shape index (κ1) is 13.9. The van der Waals surface area contributed by atoms with E-state index in [1.807, 2.05) is 30.1 Å². The number of para-hydroxylation sites is 1. The number of aromatic nitrogens is 2. The maximum absolute atomic E-state index is 5.74. The molecule has 1 aliphatic rings. The van der Waals surface area contributed by atoms with Gasteiger partial charge in [-0.1, -0.05) is 12.1 Å². The zero-order chi connectivity index (χ0) is 14.8. The third kappa shape index (κ3) is 2.74. The van der Waals surface area contributed by atoms with Crippen LogP contribution in [-0.2, 0) is 13.6 Å². The van der Waals surface area contributed by atoms with Gasteiger partial charge in [-0.05, 0) is 19.9 Å². The predicted octanol–water partition coefficient (Wildman–Crippen LogP) is 2.35. The summed E-state index contributed by atoms with van der Waals surface area (Å²) in [6, 6.07) is 6.26. The molecule has 1 unspecified atom stereocenters. The van der Waals surface area contributed by atoms with Crippen LogP contribution >= 0.6 is 0 Å². The minimum atomic E-state index is 0.235. The van der Waals surface area contributed by atoms with Crippen LogP contribution in [-0.4, -0.2) is 23.0 Å². The smallest absolute Gasteiger partial charge is 0.165 e. The largest absolute Gasteiger partial charge is 0.486 e. The molecule has 5 nitrogen and oxygen atoms in total. The Kier molecular flexibility index (Phi) is 3.84. The summed E-state index contributed by atoms with van der Waals surface area (Å²) >= 11 is 0. The summed E-state index contributed by atoms with van der Waals surface area (Å²) in [5, 5.41) is 7.83. The van der Waals surface area contributed by atoms with Crippen molar-refractivity contribution in [3.8, 4) is 11.5 Å². The number of nitrogens with zero attached hydrogens (tertiary/aromatic N) is 2. The van der Waals surface area contributed by atoms with Gasteiger partial charge in [0.15, 0.2) is 11.5 Å². The first-order chi connectivity index (χ1) is 10.2. The summed E-state index contributed by atoms with van der Waals surface area (Å²) in [6.45, 7) is 6.21. The van der Waals surface area contributed by atoms with Crippen LogP contribution in [0.15, 0.2) is 24.4 Å². The van der Waals surface area contributed by atoms with Crippen LogP contribution in [0.4, 0.5) is 0 Å². The lowest BCUT2D eigenvalue weighted by Crippen LogP contribution is -2.21. The Morgan fingerprint density at radius 2 is 2.14 bits per heavy atom. The number of aryl methyl sites for hydroxylation is 1. The standard InChI is InChI=1S/C16H21N3O2/c1-11(14-10-18-19(3)12(14)2)17-9-13-5-4-6-15-16(13)21-8-7-20-15/h4-6,10-11,17H,7-9H2,1-3H3. The third-order valence-electron chi connectivity index (χ3n) is 3.99. The number of rotatable bonds is 4. The van der Waals surface area contributed by atoms with Crippen LogP contribution < -0.4 is 14.8 Å². The Labute approximate surface area is 124 Å². The molecule has 2 heterocycles. The summed E-state index contributed by atoms with van der Waals surface area (Å²) in [7, 11) is 1.96. The van der Waals surface area contributed by atoms with E-state index in [1.165, 1.54) is 11.3 Å². The summed E-state index contributed by atoms with van der Waals surface area (Å²) in [4.78, 5) is 0. The van der Waals surface area contributed by atoms with Crippen molar-refractivity contribution in [1.29, 1.82) is 0 Å². The normalized spacial score (nSPS) is 15.0. The Morgan fingerprint density at radius 3 is 2.90 bits per heavy atom. The van der Waals surface area contributed by atoms with Crippen LogP contribution in [0.25, 0.3) is 0 Å². The Hall–Kier alpha value is -2.01. The minimum absolute atomic E-state index is 0.235. The highest BCUT2D eigenvalue weighted by Gasteiger charge is 2.17. The average Bonchev–Trinajstić information content (AvgIpc) is 2.84. The molecule has 0 saturated carbocycles. The zero-order valence-corrected chi connectivity index (χ0v) is 12.7. The van der Waals surface area contributed by atoms with Crippen LogP contribution in [0.2, 0.25) is 0 Å². The molecule has 0 radical (unpaired) electrons. The van der Waals surface area contributed by atoms with Gasteiger partial charge in [0.1, 0.15) is 13.2 Å². The van der Waals surface area contributed by atoms with Crippen molar-refractivity contribution in [3.05, 3.63) is 41.2 Å². The van der Waals surface area contributed by atoms with E-state index in [1.54, 1.807) is 0 Å². The summed E-state index contributed by atoms with van der Waals surface area (Å²) < 4.78 is 13.2. The minimum Gasteiger partial charge on any atom is -0.486 e. The second-order valence-electron chi connectivity index (χ2n) is 5.35. The molecule has 1 N–H and O–H groups in total. The molecular formula is C16H21N3O2. The predicted molar refractivity (Wildman–Crippen MR) is 80.6 cm³/mol. The summed E-state index contributed by atoms with van der Waals surface area (Å²) in [5.41, 5.74) is 3.53. The van der Waals surface area contributed by atoms with Gasteiger partial charge in [0.25, 0.3) is 0 Å². The molecule has 0 spiro atoms. The monoisotopic (exact) mass is 287 g/mol. The van der Waals surface area contributed by atoms with Crippen molar-refractivity contribution in [2.24, 2.45) is 7.05 Å². The molecule has 1 aromatic heterocycles. The zero-order valence-electron chi connectivity index (χ0n) is 12.7. The van der Waals surface area contributed by atoms with Crippen molar-refractivity contribution in [1.82, 2.24) is 15.1 Å². The molecular weight excluding hydrogens is 266 g/mol. The van der Waals surface area contributed by atoms with Crippen molar-refractivity contribution in [2.75, 3.05) is 13.2 Å². The quantitative estimate of drug-likeness (QED) is 0.938. The second-order valence-corrected chi connectivity index (χ2v) is 5.35. The fourth-order valence-electron chi connectivity index (χ4n) is 2.59. The topological polar surface area (TPSA) is 48.3 Å². The van der Waals surface area contributed by atoms with Gasteiger partial charge in [-0.25, -0.2) is 0 Å². The third-order valence-corrected chi connectivity index (χ3v) is 3.99. The summed E-state index contributed by atoms with van der Waals surface area (Å²) in [6.07, 6.45) is 1.92. The Balaban J connectivity index is 1.72. The molecule has 0 fully saturated rings. The van der Waals surface area contributed by atoms with E-state index in [9.17, 15) is 0 Å². The van der Waals surface area contributed by atoms with Crippen molar-refractivity contribution < 1.29 is 9.47 Å². The first-order valence-electron chi connectivity index (χ1n) is 7.26. The van der Waals surface area contributed by atoms with E-state index in [0.717, 1.165) is 23.6 Å². The fraction of sp³-hybridized carbons (Fsp3) is 0.438. The lowest BCUT2D eigenvalue weighted by molar-refractivity contribution is 0.169. The average molecular weight is 287 g/mol. The lowest BCUT2D eigenvalue weighted by atomic mass is 10.1. The molecule has 2 aromatic rings. The molecule has 0 aliphatic carbocycles. The van der Waals surface area contributed by atoms with E-state index >= 15 is 0 Å². The fourth-order valence-corrected chi connectivity index (χ4v) is 2.59. The number of fused-ring (bicyclic) bond motifs is 1. The van der Waals surface area contributed by atoms with E-state index < -0.39 is 0 Å². The van der Waals surface area contributed by atoms with Gasteiger partial charge < -0.3 is 14.8 Å². The van der Waals surface area contributed by atoms with Gasteiger partial charge in [-0.15, -0.1) is 0 Å². The van der Waals surface area contributed by atoms with Gasteiger partial charge >= 0.3 is 0 Å². The highest BCUT2D eigenvalue weighted by molar-refractivity contribution is 5.47. The van der Waals surface area contributed by atoms with E-state index in [4.69, 9.17) is 9.47 Å². The second kappa shape index (κ2) is 5.77. The van der Waals surface area contributed by atoms with Crippen LogP contribution in [0.5, 0.6) is 11.5 Å².